The van der Waals surface area contributed by atoms with Gasteiger partial charge in [0.15, 0.2) is 5.17 Å². The molecule has 0 fully saturated rings. The molecule has 0 radical (unpaired) electrons. The Hall–Kier alpha value is -3.32. The first-order valence-corrected chi connectivity index (χ1v) is 12.4. The molecular weight excluding hydrogens is 446 g/mol. The molecule has 1 N–H and O–H groups in total. The molecule has 34 heavy (non-hydrogen) atoms. The summed E-state index contributed by atoms with van der Waals surface area (Å²) in [5, 5.41) is 5.74. The number of benzene rings is 2. The number of rotatable bonds is 8. The second kappa shape index (κ2) is 10.7. The van der Waals surface area contributed by atoms with Crippen LogP contribution in [0.5, 0.6) is 0 Å². The smallest absolute Gasteiger partial charge is 0.338 e. The molecule has 6 nitrogen and oxygen atoms in total. The molecule has 2 unspecified atom stereocenters. The van der Waals surface area contributed by atoms with Crippen LogP contribution in [-0.2, 0) is 20.9 Å². The molecule has 0 saturated heterocycles. The minimum atomic E-state index is -0.422. The zero-order valence-electron chi connectivity index (χ0n) is 19.7. The Kier molecular flexibility index (Phi) is 7.53. The number of amides is 1. The van der Waals surface area contributed by atoms with Crippen LogP contribution in [0.15, 0.2) is 88.0 Å². The van der Waals surface area contributed by atoms with E-state index in [0.29, 0.717) is 11.3 Å². The van der Waals surface area contributed by atoms with Crippen molar-refractivity contribution in [3.63, 3.8) is 0 Å². The first-order valence-electron chi connectivity index (χ1n) is 11.5. The quantitative estimate of drug-likeness (QED) is 0.524. The first-order chi connectivity index (χ1) is 16.5. The van der Waals surface area contributed by atoms with Crippen LogP contribution >= 0.6 is 11.8 Å². The zero-order valence-corrected chi connectivity index (χ0v) is 20.5. The summed E-state index contributed by atoms with van der Waals surface area (Å²) in [5.74, 6) is -0.452. The number of esters is 1. The van der Waals surface area contributed by atoms with Gasteiger partial charge in [-0.3, -0.25) is 4.79 Å². The van der Waals surface area contributed by atoms with Crippen molar-refractivity contribution in [1.82, 2.24) is 10.2 Å². The molecule has 0 aromatic heterocycles. The summed E-state index contributed by atoms with van der Waals surface area (Å²) >= 11 is 1.47. The minimum absolute atomic E-state index is 0.0475. The van der Waals surface area contributed by atoms with Gasteiger partial charge in [-0.2, -0.15) is 0 Å². The van der Waals surface area contributed by atoms with Gasteiger partial charge >= 0.3 is 5.97 Å². The Labute approximate surface area is 204 Å². The van der Waals surface area contributed by atoms with Gasteiger partial charge in [-0.25, -0.2) is 9.79 Å². The molecule has 2 aliphatic rings. The number of allylic oxidation sites excluding steroid dienone is 1. The molecule has 2 heterocycles. The van der Waals surface area contributed by atoms with E-state index in [2.05, 4.69) is 5.32 Å². The van der Waals surface area contributed by atoms with Crippen molar-refractivity contribution < 1.29 is 14.3 Å². The highest BCUT2D eigenvalue weighted by Gasteiger charge is 2.41. The van der Waals surface area contributed by atoms with Gasteiger partial charge in [0, 0.05) is 11.7 Å². The molecule has 7 heteroatoms. The molecule has 2 aliphatic heterocycles. The van der Waals surface area contributed by atoms with E-state index in [-0.39, 0.29) is 25.0 Å². The second-order valence-electron chi connectivity index (χ2n) is 8.42. The molecule has 1 amide bonds. The third kappa shape index (κ3) is 5.25. The maximum Gasteiger partial charge on any atom is 0.338 e. The van der Waals surface area contributed by atoms with E-state index in [4.69, 9.17) is 9.73 Å². The lowest BCUT2D eigenvalue weighted by Crippen LogP contribution is -2.39. The van der Waals surface area contributed by atoms with Gasteiger partial charge < -0.3 is 15.0 Å². The predicted octanol–water partition coefficient (Wildman–Crippen LogP) is 5.31. The lowest BCUT2D eigenvalue weighted by atomic mass is 9.94. The summed E-state index contributed by atoms with van der Waals surface area (Å²) in [6.07, 6.45) is 1.08. The maximum absolute atomic E-state index is 13.4. The summed E-state index contributed by atoms with van der Waals surface area (Å²) in [6, 6.07) is 19.1. The average Bonchev–Trinajstić information content (AvgIpc) is 3.24. The highest BCUT2D eigenvalue weighted by Crippen LogP contribution is 2.44. The summed E-state index contributed by atoms with van der Waals surface area (Å²) < 4.78 is 5.72. The van der Waals surface area contributed by atoms with Crippen molar-refractivity contribution in [1.29, 1.82) is 0 Å². The molecule has 0 aliphatic carbocycles. The van der Waals surface area contributed by atoms with E-state index in [0.717, 1.165) is 28.4 Å². The number of nitrogens with zero attached hydrogens (tertiary/aromatic N) is 2. The Morgan fingerprint density at radius 3 is 2.47 bits per heavy atom. The number of amidine groups is 1. The number of ether oxygens (including phenoxy) is 1. The third-order valence-electron chi connectivity index (χ3n) is 5.91. The fourth-order valence-electron chi connectivity index (χ4n) is 3.97. The van der Waals surface area contributed by atoms with Crippen LogP contribution in [0, 0.1) is 0 Å². The first kappa shape index (κ1) is 23.8. The van der Waals surface area contributed by atoms with E-state index < -0.39 is 12.0 Å². The number of aliphatic imine (C=N–C) groups is 1. The summed E-state index contributed by atoms with van der Waals surface area (Å²) in [4.78, 5) is 32.8. The van der Waals surface area contributed by atoms with Crippen LogP contribution in [0.25, 0.3) is 0 Å². The Morgan fingerprint density at radius 1 is 1.12 bits per heavy atom. The largest absolute Gasteiger partial charge is 0.457 e. The highest BCUT2D eigenvalue weighted by atomic mass is 32.2. The van der Waals surface area contributed by atoms with Crippen molar-refractivity contribution in [3.8, 4) is 0 Å². The van der Waals surface area contributed by atoms with Gasteiger partial charge in [0.25, 0.3) is 0 Å². The molecule has 0 spiro atoms. The molecule has 0 bridgehead atoms. The topological polar surface area (TPSA) is 71.0 Å². The summed E-state index contributed by atoms with van der Waals surface area (Å²) in [5.41, 5.74) is 3.80. The van der Waals surface area contributed by atoms with Crippen molar-refractivity contribution >= 4 is 28.8 Å². The van der Waals surface area contributed by atoms with E-state index in [9.17, 15) is 9.59 Å². The predicted molar refractivity (Wildman–Crippen MR) is 136 cm³/mol. The normalized spacial score (nSPS) is 18.1. The summed E-state index contributed by atoms with van der Waals surface area (Å²) in [6.45, 7) is 6.05. The van der Waals surface area contributed by atoms with Gasteiger partial charge in [0.1, 0.15) is 6.61 Å². The van der Waals surface area contributed by atoms with Crippen molar-refractivity contribution in [2.45, 2.75) is 52.3 Å². The fraction of sp³-hybridized carbons (Fsp3) is 0.296. The van der Waals surface area contributed by atoms with Crippen molar-refractivity contribution in [3.05, 3.63) is 94.2 Å². The Morgan fingerprint density at radius 2 is 1.79 bits per heavy atom. The average molecular weight is 476 g/mol. The van der Waals surface area contributed by atoms with Crippen LogP contribution in [0.3, 0.4) is 0 Å². The Balaban J connectivity index is 1.63. The molecule has 176 valence electrons. The van der Waals surface area contributed by atoms with Crippen LogP contribution < -0.4 is 5.32 Å². The van der Waals surface area contributed by atoms with Crippen LogP contribution in [0.2, 0.25) is 0 Å². The minimum Gasteiger partial charge on any atom is -0.457 e. The van der Waals surface area contributed by atoms with Crippen molar-refractivity contribution in [2.24, 2.45) is 4.99 Å². The number of fused-ring (bicyclic) bond motifs is 1. The summed E-state index contributed by atoms with van der Waals surface area (Å²) in [7, 11) is 0. The number of hydrogen-bond donors (Lipinski definition) is 1. The number of carbonyl (C=O) groups is 2. The molecule has 2 atom stereocenters. The number of carbonyl (C=O) groups excluding carboxylic acids is 2. The zero-order chi connectivity index (χ0) is 24.1. The molecule has 0 saturated carbocycles. The van der Waals surface area contributed by atoms with E-state index in [1.165, 1.54) is 11.8 Å². The van der Waals surface area contributed by atoms with Gasteiger partial charge in [0.2, 0.25) is 5.91 Å². The van der Waals surface area contributed by atoms with E-state index in [1.54, 1.807) is 0 Å². The van der Waals surface area contributed by atoms with E-state index >= 15 is 0 Å². The monoisotopic (exact) mass is 475 g/mol. The number of thioether (sulfide) groups is 1. The molecule has 4 rings (SSSR count). The van der Waals surface area contributed by atoms with Gasteiger partial charge in [-0.05, 0) is 36.8 Å². The molecule has 2 aromatic rings. The molecular formula is C27H29N3O3S. The second-order valence-corrected chi connectivity index (χ2v) is 9.26. The lowest BCUT2D eigenvalue weighted by molar-refractivity contribution is -0.141. The fourth-order valence-corrected chi connectivity index (χ4v) is 4.94. The van der Waals surface area contributed by atoms with Gasteiger partial charge in [-0.15, -0.1) is 0 Å². The maximum atomic E-state index is 13.4. The van der Waals surface area contributed by atoms with Crippen molar-refractivity contribution in [2.75, 3.05) is 0 Å². The van der Waals surface area contributed by atoms with Crippen LogP contribution in [0.4, 0.5) is 0 Å². The van der Waals surface area contributed by atoms with Crippen LogP contribution in [0.1, 0.15) is 50.8 Å². The third-order valence-corrected chi connectivity index (χ3v) is 6.80. The number of nitrogens with one attached hydrogen (secondary N) is 1. The van der Waals surface area contributed by atoms with Crippen LogP contribution in [-0.4, -0.2) is 28.0 Å². The molecule has 2 aromatic carbocycles. The SMILES string of the molecule is CCC(C)NC(=O)CC1=CSC2=NC(C)=C(C(=O)OCc3ccccc3)C(c3ccccc3)N12. The van der Waals surface area contributed by atoms with E-state index in [1.807, 2.05) is 91.7 Å². The van der Waals surface area contributed by atoms with Gasteiger partial charge in [0.05, 0.1) is 23.7 Å². The Bertz CT molecular complexity index is 1140. The van der Waals surface area contributed by atoms with Gasteiger partial charge in [-0.1, -0.05) is 79.3 Å². The standard InChI is InChI=1S/C27H29N3O3S/c1-4-18(2)28-23(31)15-22-17-34-27-29-19(3)24(25(30(22)27)21-13-9-6-10-14-21)26(32)33-16-20-11-7-5-8-12-20/h5-14,17-18,25H,4,15-16H2,1-3H3,(H,28,31). The highest BCUT2D eigenvalue weighted by molar-refractivity contribution is 8.16. The number of hydrogen-bond acceptors (Lipinski definition) is 6. The lowest BCUT2D eigenvalue weighted by Gasteiger charge is -2.36.